The number of nitrogens with zero attached hydrogens (tertiary/aromatic N) is 1. The van der Waals surface area contributed by atoms with Crippen LogP contribution in [0.15, 0.2) is 54.6 Å². The normalized spacial score (nSPS) is 13.1. The second-order valence-corrected chi connectivity index (χ2v) is 8.74. The summed E-state index contributed by atoms with van der Waals surface area (Å²) in [5.41, 5.74) is -2.02. The Morgan fingerprint density at radius 1 is 0.833 bits per heavy atom. The van der Waals surface area contributed by atoms with Crippen LogP contribution in [-0.4, -0.2) is 30.2 Å². The maximum absolute atomic E-state index is 13.1. The number of hydrogen-bond donors (Lipinski definition) is 0. The minimum Gasteiger partial charge on any atom is -0.454 e. The summed E-state index contributed by atoms with van der Waals surface area (Å²) in [5, 5.41) is 0.126. The maximum atomic E-state index is 13.1. The summed E-state index contributed by atoms with van der Waals surface area (Å²) >= 11 is 17.7. The molecule has 0 aromatic heterocycles. The third kappa shape index (κ3) is 4.82. The number of carbonyl (C=O) groups is 4. The zero-order chi connectivity index (χ0) is 26.4. The lowest BCUT2D eigenvalue weighted by atomic mass is 10.1. The van der Waals surface area contributed by atoms with E-state index in [9.17, 15) is 32.3 Å². The van der Waals surface area contributed by atoms with Crippen molar-refractivity contribution in [2.45, 2.75) is 6.18 Å². The van der Waals surface area contributed by atoms with Gasteiger partial charge in [-0.05, 0) is 54.6 Å². The average molecular weight is 557 g/mol. The highest BCUT2D eigenvalue weighted by atomic mass is 35.5. The summed E-state index contributed by atoms with van der Waals surface area (Å²) in [6.07, 6.45) is -4.73. The predicted molar refractivity (Wildman–Crippen MR) is 125 cm³/mol. The Balaban J connectivity index is 1.56. The topological polar surface area (TPSA) is 80.8 Å². The number of imide groups is 1. The van der Waals surface area contributed by atoms with E-state index in [1.54, 1.807) is 0 Å². The van der Waals surface area contributed by atoms with E-state index >= 15 is 0 Å². The standard InChI is InChI=1S/C24H11Cl3F3NO5/c25-13-3-5-15(18(27)9-13)20(32)10-36-23(35)11-1-4-14-16(7-11)22(34)31(21(14)33)19-8-12(24(28,29)30)2-6-17(19)26/h1-9H,10H2. The van der Waals surface area contributed by atoms with Crippen LogP contribution in [0, 0.1) is 0 Å². The van der Waals surface area contributed by atoms with Crippen molar-refractivity contribution in [3.05, 3.63) is 97.5 Å². The fourth-order valence-electron chi connectivity index (χ4n) is 3.45. The molecule has 36 heavy (non-hydrogen) atoms. The average Bonchev–Trinajstić information content (AvgIpc) is 3.06. The van der Waals surface area contributed by atoms with E-state index in [1.165, 1.54) is 24.3 Å². The zero-order valence-corrected chi connectivity index (χ0v) is 19.9. The van der Waals surface area contributed by atoms with Crippen LogP contribution in [0.5, 0.6) is 0 Å². The van der Waals surface area contributed by atoms with E-state index in [2.05, 4.69) is 0 Å². The molecule has 3 aromatic carbocycles. The smallest absolute Gasteiger partial charge is 0.416 e. The number of halogens is 6. The Labute approximate surface area is 216 Å². The van der Waals surface area contributed by atoms with Gasteiger partial charge >= 0.3 is 12.1 Å². The number of carbonyl (C=O) groups excluding carboxylic acids is 4. The number of ketones is 1. The highest BCUT2D eigenvalue weighted by Gasteiger charge is 2.40. The summed E-state index contributed by atoms with van der Waals surface area (Å²) in [6, 6.07) is 9.79. The van der Waals surface area contributed by atoms with E-state index < -0.39 is 47.6 Å². The van der Waals surface area contributed by atoms with E-state index in [1.807, 2.05) is 0 Å². The van der Waals surface area contributed by atoms with Crippen LogP contribution in [0.2, 0.25) is 15.1 Å². The van der Waals surface area contributed by atoms with Gasteiger partial charge in [-0.25, -0.2) is 9.69 Å². The summed E-state index contributed by atoms with van der Waals surface area (Å²) < 4.78 is 44.4. The number of ether oxygens (including phenoxy) is 1. The molecule has 6 nitrogen and oxygen atoms in total. The molecular weight excluding hydrogens is 546 g/mol. The molecule has 0 atom stereocenters. The Kier molecular flexibility index (Phi) is 6.83. The van der Waals surface area contributed by atoms with Crippen LogP contribution in [-0.2, 0) is 10.9 Å². The molecule has 1 heterocycles. The molecule has 184 valence electrons. The number of fused-ring (bicyclic) bond motifs is 1. The molecule has 4 rings (SSSR count). The summed E-state index contributed by atoms with van der Waals surface area (Å²) in [4.78, 5) is 51.1. The van der Waals surface area contributed by atoms with Gasteiger partial charge in [0.05, 0.1) is 38.0 Å². The minimum atomic E-state index is -4.73. The fraction of sp³-hybridized carbons (Fsp3) is 0.0833. The minimum absolute atomic E-state index is 0.0681. The molecule has 0 bridgehead atoms. The second-order valence-electron chi connectivity index (χ2n) is 7.49. The number of Topliss-reactive ketones (excluding diaryl/α,β-unsaturated/α-hetero) is 1. The largest absolute Gasteiger partial charge is 0.454 e. The lowest BCUT2D eigenvalue weighted by Gasteiger charge is -2.17. The Bertz CT molecular complexity index is 1460. The Morgan fingerprint density at radius 3 is 2.19 bits per heavy atom. The number of rotatable bonds is 5. The summed E-state index contributed by atoms with van der Waals surface area (Å²) in [7, 11) is 0. The molecule has 12 heteroatoms. The first-order valence-electron chi connectivity index (χ1n) is 9.93. The molecule has 2 amide bonds. The van der Waals surface area contributed by atoms with E-state index in [-0.39, 0.29) is 32.3 Å². The number of alkyl halides is 3. The molecule has 0 radical (unpaired) electrons. The number of benzene rings is 3. The van der Waals surface area contributed by atoms with E-state index in [0.717, 1.165) is 24.3 Å². The predicted octanol–water partition coefficient (Wildman–Crippen LogP) is 6.51. The lowest BCUT2D eigenvalue weighted by Crippen LogP contribution is -2.30. The van der Waals surface area contributed by atoms with Crippen molar-refractivity contribution in [3.63, 3.8) is 0 Å². The lowest BCUT2D eigenvalue weighted by molar-refractivity contribution is -0.137. The van der Waals surface area contributed by atoms with Gasteiger partial charge in [-0.3, -0.25) is 14.4 Å². The molecule has 0 aliphatic carbocycles. The number of anilines is 1. The Morgan fingerprint density at radius 2 is 1.53 bits per heavy atom. The molecule has 0 fully saturated rings. The van der Waals surface area contributed by atoms with E-state index in [0.29, 0.717) is 16.0 Å². The fourth-order valence-corrected chi connectivity index (χ4v) is 4.17. The molecule has 0 spiro atoms. The monoisotopic (exact) mass is 555 g/mol. The first kappa shape index (κ1) is 25.7. The molecule has 1 aliphatic rings. The van der Waals surface area contributed by atoms with Crippen molar-refractivity contribution in [2.24, 2.45) is 0 Å². The SMILES string of the molecule is O=C(OCC(=O)c1ccc(Cl)cc1Cl)c1ccc2c(c1)C(=O)N(c1cc(C(F)(F)F)ccc1Cl)C2=O. The quantitative estimate of drug-likeness (QED) is 0.203. The highest BCUT2D eigenvalue weighted by molar-refractivity contribution is 6.40. The third-order valence-corrected chi connectivity index (χ3v) is 6.07. The van der Waals surface area contributed by atoms with Gasteiger partial charge in [-0.1, -0.05) is 34.8 Å². The van der Waals surface area contributed by atoms with Crippen LogP contribution >= 0.6 is 34.8 Å². The first-order chi connectivity index (χ1) is 16.9. The maximum Gasteiger partial charge on any atom is 0.416 e. The van der Waals surface area contributed by atoms with Gasteiger partial charge in [-0.2, -0.15) is 13.2 Å². The summed E-state index contributed by atoms with van der Waals surface area (Å²) in [5.74, 6) is -3.48. The van der Waals surface area contributed by atoms with Crippen molar-refractivity contribution < 1.29 is 37.1 Å². The van der Waals surface area contributed by atoms with Gasteiger partial charge in [0.1, 0.15) is 0 Å². The number of hydrogen-bond acceptors (Lipinski definition) is 5. The van der Waals surface area contributed by atoms with Gasteiger partial charge in [-0.15, -0.1) is 0 Å². The molecule has 0 saturated carbocycles. The van der Waals surface area contributed by atoms with Gasteiger partial charge in [0.25, 0.3) is 11.8 Å². The number of amides is 2. The van der Waals surface area contributed by atoms with Gasteiger partial charge in [0, 0.05) is 10.6 Å². The second kappa shape index (κ2) is 9.57. The molecule has 0 N–H and O–H groups in total. The van der Waals surface area contributed by atoms with Gasteiger partial charge < -0.3 is 4.74 Å². The molecule has 0 saturated heterocycles. The highest BCUT2D eigenvalue weighted by Crippen LogP contribution is 2.38. The van der Waals surface area contributed by atoms with Gasteiger partial charge in [0.2, 0.25) is 5.78 Å². The van der Waals surface area contributed by atoms with E-state index in [4.69, 9.17) is 39.5 Å². The summed E-state index contributed by atoms with van der Waals surface area (Å²) in [6.45, 7) is -0.671. The van der Waals surface area contributed by atoms with Crippen LogP contribution in [0.1, 0.15) is 47.0 Å². The molecule has 1 aliphatic heterocycles. The van der Waals surface area contributed by atoms with Crippen LogP contribution in [0.4, 0.5) is 18.9 Å². The van der Waals surface area contributed by atoms with Crippen molar-refractivity contribution >= 4 is 64.1 Å². The van der Waals surface area contributed by atoms with Crippen molar-refractivity contribution in [3.8, 4) is 0 Å². The molecule has 0 unspecified atom stereocenters. The van der Waals surface area contributed by atoms with Crippen molar-refractivity contribution in [2.75, 3.05) is 11.5 Å². The van der Waals surface area contributed by atoms with Crippen LogP contribution in [0.25, 0.3) is 0 Å². The molecular formula is C24H11Cl3F3NO5. The Hall–Kier alpha value is -3.40. The van der Waals surface area contributed by atoms with Crippen molar-refractivity contribution in [1.29, 1.82) is 0 Å². The first-order valence-corrected chi connectivity index (χ1v) is 11.1. The third-order valence-electron chi connectivity index (χ3n) is 5.20. The number of esters is 1. The van der Waals surface area contributed by atoms with Gasteiger partial charge in [0.15, 0.2) is 6.61 Å². The van der Waals surface area contributed by atoms with Crippen LogP contribution < -0.4 is 4.90 Å². The van der Waals surface area contributed by atoms with Crippen LogP contribution in [0.3, 0.4) is 0 Å². The van der Waals surface area contributed by atoms with Crippen molar-refractivity contribution in [1.82, 2.24) is 0 Å². The zero-order valence-electron chi connectivity index (χ0n) is 17.7. The molecule has 3 aromatic rings.